The Labute approximate surface area is 91.6 Å². The van der Waals surface area contributed by atoms with Gasteiger partial charge in [0.2, 0.25) is 5.91 Å². The summed E-state index contributed by atoms with van der Waals surface area (Å²) in [5, 5.41) is 6.46. The van der Waals surface area contributed by atoms with Crippen molar-refractivity contribution in [3.8, 4) is 0 Å². The molecule has 0 saturated heterocycles. The van der Waals surface area contributed by atoms with Crippen molar-refractivity contribution >= 4 is 5.91 Å². The number of halogens is 2. The third-order valence-electron chi connectivity index (χ3n) is 2.46. The molecule has 1 N–H and O–H groups in total. The Hall–Kier alpha value is -1.46. The van der Waals surface area contributed by atoms with Crippen molar-refractivity contribution in [3.63, 3.8) is 0 Å². The summed E-state index contributed by atoms with van der Waals surface area (Å²) in [6.45, 7) is 1.67. The maximum Gasteiger partial charge on any atom is 0.282 e. The maximum atomic E-state index is 12.3. The highest BCUT2D eigenvalue weighted by Gasteiger charge is 2.23. The van der Waals surface area contributed by atoms with Crippen LogP contribution in [0.1, 0.15) is 30.7 Å². The molecule has 0 unspecified atom stereocenters. The molecule has 0 bridgehead atoms. The Kier molecular flexibility index (Phi) is 2.89. The number of aromatic nitrogens is 2. The van der Waals surface area contributed by atoms with Crippen LogP contribution in [0.4, 0.5) is 8.78 Å². The summed E-state index contributed by atoms with van der Waals surface area (Å²) >= 11 is 0. The van der Waals surface area contributed by atoms with Gasteiger partial charge in [0.1, 0.15) is 12.2 Å². The summed E-state index contributed by atoms with van der Waals surface area (Å²) in [7, 11) is 0. The van der Waals surface area contributed by atoms with Crippen LogP contribution in [0.15, 0.2) is 6.07 Å². The average molecular weight is 229 g/mol. The van der Waals surface area contributed by atoms with E-state index in [1.807, 2.05) is 0 Å². The third kappa shape index (κ3) is 2.56. The molecule has 1 aromatic rings. The molecule has 0 radical (unpaired) electrons. The molecule has 1 aliphatic rings. The second-order valence-electron chi connectivity index (χ2n) is 4.01. The molecule has 0 aliphatic heterocycles. The molecule has 1 aliphatic carbocycles. The zero-order valence-corrected chi connectivity index (χ0v) is 8.91. The molecule has 4 nitrogen and oxygen atoms in total. The van der Waals surface area contributed by atoms with Gasteiger partial charge in [0.15, 0.2) is 0 Å². The first-order valence-corrected chi connectivity index (χ1v) is 5.18. The second-order valence-corrected chi connectivity index (χ2v) is 4.01. The lowest BCUT2D eigenvalue weighted by atomic mass is 10.4. The molecule has 0 aromatic carbocycles. The van der Waals surface area contributed by atoms with E-state index in [0.29, 0.717) is 5.69 Å². The Balaban J connectivity index is 1.99. The fraction of sp³-hybridized carbons (Fsp3) is 0.600. The molecule has 88 valence electrons. The van der Waals surface area contributed by atoms with E-state index in [2.05, 4.69) is 10.4 Å². The molecule has 1 amide bonds. The smallest absolute Gasteiger partial charge is 0.282 e. The third-order valence-corrected chi connectivity index (χ3v) is 2.46. The van der Waals surface area contributed by atoms with Gasteiger partial charge in [-0.05, 0) is 25.8 Å². The minimum Gasteiger partial charge on any atom is -0.352 e. The number of hydrogen-bond acceptors (Lipinski definition) is 2. The highest BCUT2D eigenvalue weighted by Crippen LogP contribution is 2.19. The van der Waals surface area contributed by atoms with E-state index in [0.717, 1.165) is 12.8 Å². The first-order chi connectivity index (χ1) is 7.56. The lowest BCUT2D eigenvalue weighted by Gasteiger charge is -2.04. The summed E-state index contributed by atoms with van der Waals surface area (Å²) in [6.07, 6.45) is -0.579. The van der Waals surface area contributed by atoms with Gasteiger partial charge in [-0.15, -0.1) is 0 Å². The standard InChI is InChI=1S/C10H13F2N3O/c1-6-4-8(10(11)12)14-15(6)5-9(16)13-7-2-3-7/h4,7,10H,2-3,5H2,1H3,(H,13,16). The molecule has 0 atom stereocenters. The lowest BCUT2D eigenvalue weighted by Crippen LogP contribution is -2.30. The first-order valence-electron chi connectivity index (χ1n) is 5.18. The number of nitrogens with one attached hydrogen (secondary N) is 1. The molecule has 1 fully saturated rings. The van der Waals surface area contributed by atoms with Gasteiger partial charge in [-0.2, -0.15) is 5.10 Å². The molecule has 0 spiro atoms. The van der Waals surface area contributed by atoms with Crippen molar-refractivity contribution in [2.24, 2.45) is 0 Å². The predicted molar refractivity (Wildman–Crippen MR) is 53.1 cm³/mol. The van der Waals surface area contributed by atoms with Gasteiger partial charge in [-0.3, -0.25) is 9.48 Å². The van der Waals surface area contributed by atoms with Gasteiger partial charge >= 0.3 is 0 Å². The summed E-state index contributed by atoms with van der Waals surface area (Å²) < 4.78 is 26.0. The fourth-order valence-electron chi connectivity index (χ4n) is 1.44. The first kappa shape index (κ1) is 11.0. The Morgan fingerprint density at radius 2 is 2.38 bits per heavy atom. The molecule has 1 aromatic heterocycles. The summed E-state index contributed by atoms with van der Waals surface area (Å²) in [6, 6.07) is 1.58. The van der Waals surface area contributed by atoms with E-state index >= 15 is 0 Å². The van der Waals surface area contributed by atoms with Crippen LogP contribution in [0, 0.1) is 6.92 Å². The normalized spacial score (nSPS) is 15.5. The molecule has 1 saturated carbocycles. The van der Waals surface area contributed by atoms with E-state index in [9.17, 15) is 13.6 Å². The van der Waals surface area contributed by atoms with Crippen LogP contribution in [-0.4, -0.2) is 21.7 Å². The van der Waals surface area contributed by atoms with Crippen LogP contribution in [0.2, 0.25) is 0 Å². The van der Waals surface area contributed by atoms with Gasteiger partial charge in [0.05, 0.1) is 0 Å². The largest absolute Gasteiger partial charge is 0.352 e. The van der Waals surface area contributed by atoms with Crippen molar-refractivity contribution in [2.75, 3.05) is 0 Å². The highest BCUT2D eigenvalue weighted by atomic mass is 19.3. The Bertz CT molecular complexity index is 399. The zero-order chi connectivity index (χ0) is 11.7. The average Bonchev–Trinajstić information content (AvgIpc) is 2.91. The SMILES string of the molecule is Cc1cc(C(F)F)nn1CC(=O)NC1CC1. The van der Waals surface area contributed by atoms with Crippen LogP contribution in [0.3, 0.4) is 0 Å². The lowest BCUT2D eigenvalue weighted by molar-refractivity contribution is -0.122. The molecule has 16 heavy (non-hydrogen) atoms. The topological polar surface area (TPSA) is 46.9 Å². The van der Waals surface area contributed by atoms with Crippen LogP contribution >= 0.6 is 0 Å². The molecular weight excluding hydrogens is 216 g/mol. The summed E-state index contributed by atoms with van der Waals surface area (Å²) in [5.74, 6) is -0.172. The number of amides is 1. The fourth-order valence-corrected chi connectivity index (χ4v) is 1.44. The Morgan fingerprint density at radius 1 is 1.69 bits per heavy atom. The van der Waals surface area contributed by atoms with Crippen LogP contribution in [0.25, 0.3) is 0 Å². The number of carbonyl (C=O) groups excluding carboxylic acids is 1. The van der Waals surface area contributed by atoms with E-state index in [-0.39, 0.29) is 24.2 Å². The summed E-state index contributed by atoms with van der Waals surface area (Å²) in [4.78, 5) is 11.4. The van der Waals surface area contributed by atoms with E-state index in [4.69, 9.17) is 0 Å². The quantitative estimate of drug-likeness (QED) is 0.848. The number of aryl methyl sites for hydroxylation is 1. The molecule has 6 heteroatoms. The van der Waals surface area contributed by atoms with Crippen LogP contribution < -0.4 is 5.32 Å². The monoisotopic (exact) mass is 229 g/mol. The van der Waals surface area contributed by atoms with Crippen LogP contribution in [-0.2, 0) is 11.3 Å². The van der Waals surface area contributed by atoms with Crippen LogP contribution in [0.5, 0.6) is 0 Å². The number of hydrogen-bond donors (Lipinski definition) is 1. The Morgan fingerprint density at radius 3 is 2.88 bits per heavy atom. The second kappa shape index (κ2) is 4.19. The molecule has 2 rings (SSSR count). The van der Waals surface area contributed by atoms with Crippen molar-refractivity contribution in [3.05, 3.63) is 17.5 Å². The van der Waals surface area contributed by atoms with Gasteiger partial charge in [0.25, 0.3) is 6.43 Å². The predicted octanol–water partition coefficient (Wildman–Crippen LogP) is 1.41. The number of nitrogens with zero attached hydrogens (tertiary/aromatic N) is 2. The van der Waals surface area contributed by atoms with E-state index in [1.165, 1.54) is 10.7 Å². The minimum absolute atomic E-state index is 0.00898. The highest BCUT2D eigenvalue weighted by molar-refractivity contribution is 5.76. The zero-order valence-electron chi connectivity index (χ0n) is 8.91. The molecule has 1 heterocycles. The number of alkyl halides is 2. The minimum atomic E-state index is -2.59. The van der Waals surface area contributed by atoms with E-state index in [1.54, 1.807) is 6.92 Å². The number of carbonyl (C=O) groups is 1. The van der Waals surface area contributed by atoms with Gasteiger partial charge < -0.3 is 5.32 Å². The van der Waals surface area contributed by atoms with Crippen molar-refractivity contribution in [2.45, 2.75) is 38.8 Å². The maximum absolute atomic E-state index is 12.3. The van der Waals surface area contributed by atoms with Crippen molar-refractivity contribution in [1.82, 2.24) is 15.1 Å². The van der Waals surface area contributed by atoms with Crippen molar-refractivity contribution < 1.29 is 13.6 Å². The van der Waals surface area contributed by atoms with Gasteiger partial charge in [0, 0.05) is 11.7 Å². The van der Waals surface area contributed by atoms with E-state index < -0.39 is 6.43 Å². The number of rotatable bonds is 4. The van der Waals surface area contributed by atoms with Gasteiger partial charge in [-0.25, -0.2) is 8.78 Å². The molecular formula is C10H13F2N3O. The van der Waals surface area contributed by atoms with Crippen molar-refractivity contribution in [1.29, 1.82) is 0 Å². The van der Waals surface area contributed by atoms with Gasteiger partial charge in [-0.1, -0.05) is 0 Å². The summed E-state index contributed by atoms with van der Waals surface area (Å²) in [5.41, 5.74) is 0.290.